The van der Waals surface area contributed by atoms with E-state index in [1.54, 1.807) is 0 Å². The Morgan fingerprint density at radius 2 is 2.10 bits per heavy atom. The molecule has 1 unspecified atom stereocenters. The van der Waals surface area contributed by atoms with Crippen molar-refractivity contribution >= 4 is 0 Å². The van der Waals surface area contributed by atoms with Gasteiger partial charge in [0.2, 0.25) is 0 Å². The molecule has 0 amide bonds. The molecule has 0 aliphatic heterocycles. The molecule has 1 rings (SSSR count). The number of nitrogens with one attached hydrogen (secondary N) is 1. The molecule has 114 valence electrons. The van der Waals surface area contributed by atoms with Crippen molar-refractivity contribution in [3.8, 4) is 5.75 Å². The fourth-order valence-corrected chi connectivity index (χ4v) is 2.04. The summed E-state index contributed by atoms with van der Waals surface area (Å²) in [6, 6.07) is 7.48. The van der Waals surface area contributed by atoms with Gasteiger partial charge in [-0.05, 0) is 50.4 Å². The molecule has 0 aromatic heterocycles. The molecule has 1 atom stereocenters. The molecular weight excluding hydrogens is 254 g/mol. The topological polar surface area (TPSA) is 61.7 Å². The van der Waals surface area contributed by atoms with Crippen LogP contribution in [0.25, 0.3) is 0 Å². The van der Waals surface area contributed by atoms with Gasteiger partial charge in [0.25, 0.3) is 0 Å². The Morgan fingerprint density at radius 3 is 2.75 bits per heavy atom. The minimum absolute atomic E-state index is 0.0285. The van der Waals surface area contributed by atoms with Crippen LogP contribution >= 0.6 is 0 Å². The maximum Gasteiger partial charge on any atom is 0.119 e. The zero-order valence-electron chi connectivity index (χ0n) is 12.6. The lowest BCUT2D eigenvalue weighted by molar-refractivity contribution is 0.156. The van der Waals surface area contributed by atoms with Gasteiger partial charge in [-0.25, -0.2) is 0 Å². The monoisotopic (exact) mass is 281 g/mol. The molecule has 0 saturated carbocycles. The van der Waals surface area contributed by atoms with Crippen molar-refractivity contribution in [3.05, 3.63) is 29.8 Å². The molecular formula is C16H27NO3. The lowest BCUT2D eigenvalue weighted by atomic mass is 9.97. The minimum Gasteiger partial charge on any atom is -0.494 e. The fraction of sp³-hybridized carbons (Fsp3) is 0.625. The van der Waals surface area contributed by atoms with Crippen LogP contribution < -0.4 is 10.1 Å². The first kappa shape index (κ1) is 17.0. The predicted octanol–water partition coefficient (Wildman–Crippen LogP) is 2.09. The van der Waals surface area contributed by atoms with Gasteiger partial charge >= 0.3 is 0 Å². The number of aliphatic hydroxyl groups excluding tert-OH is 2. The summed E-state index contributed by atoms with van der Waals surface area (Å²) in [6.45, 7) is 5.83. The highest BCUT2D eigenvalue weighted by atomic mass is 16.5. The van der Waals surface area contributed by atoms with Crippen LogP contribution in [0.2, 0.25) is 0 Å². The van der Waals surface area contributed by atoms with Crippen LogP contribution in [0.15, 0.2) is 24.3 Å². The third-order valence-electron chi connectivity index (χ3n) is 3.37. The molecule has 0 aliphatic rings. The van der Waals surface area contributed by atoms with Gasteiger partial charge in [0, 0.05) is 5.54 Å². The summed E-state index contributed by atoms with van der Waals surface area (Å²) in [6.07, 6.45) is 2.79. The molecule has 0 saturated heterocycles. The predicted molar refractivity (Wildman–Crippen MR) is 80.9 cm³/mol. The van der Waals surface area contributed by atoms with E-state index in [9.17, 15) is 5.11 Å². The van der Waals surface area contributed by atoms with Gasteiger partial charge in [-0.3, -0.25) is 0 Å². The van der Waals surface area contributed by atoms with Crippen molar-refractivity contribution < 1.29 is 14.9 Å². The lowest BCUT2D eigenvalue weighted by Gasteiger charge is -2.28. The average Bonchev–Trinajstić information content (AvgIpc) is 2.50. The molecule has 3 N–H and O–H groups in total. The van der Waals surface area contributed by atoms with Gasteiger partial charge in [-0.15, -0.1) is 0 Å². The smallest absolute Gasteiger partial charge is 0.119 e. The molecule has 20 heavy (non-hydrogen) atoms. The second kappa shape index (κ2) is 8.95. The standard InChI is InChI=1S/C16H27NO3/c1-3-9-17-16(2,13-19)8-5-10-20-15-7-4-6-14(11-15)12-18/h4,6-7,11,17-19H,3,5,8-10,12-13H2,1-2H3. The van der Waals surface area contributed by atoms with Crippen LogP contribution in [-0.2, 0) is 6.61 Å². The van der Waals surface area contributed by atoms with Gasteiger partial charge in [0.1, 0.15) is 5.75 Å². The van der Waals surface area contributed by atoms with Gasteiger partial charge < -0.3 is 20.3 Å². The average molecular weight is 281 g/mol. The highest BCUT2D eigenvalue weighted by Crippen LogP contribution is 2.16. The molecule has 1 aromatic carbocycles. The first-order valence-electron chi connectivity index (χ1n) is 7.32. The Labute approximate surface area is 121 Å². The van der Waals surface area contributed by atoms with E-state index in [0.717, 1.165) is 37.1 Å². The SMILES string of the molecule is CCCNC(C)(CO)CCCOc1cccc(CO)c1. The quantitative estimate of drug-likeness (QED) is 0.575. The van der Waals surface area contributed by atoms with Crippen LogP contribution in [0.1, 0.15) is 38.7 Å². The van der Waals surface area contributed by atoms with Crippen LogP contribution in [0.3, 0.4) is 0 Å². The molecule has 4 heteroatoms. The molecule has 0 heterocycles. The molecule has 0 fully saturated rings. The van der Waals surface area contributed by atoms with Crippen molar-refractivity contribution in [3.63, 3.8) is 0 Å². The largest absolute Gasteiger partial charge is 0.494 e. The van der Waals surface area contributed by atoms with Gasteiger partial charge in [-0.2, -0.15) is 0 Å². The molecule has 4 nitrogen and oxygen atoms in total. The van der Waals surface area contributed by atoms with E-state index >= 15 is 0 Å². The van der Waals surface area contributed by atoms with Gasteiger partial charge in [-0.1, -0.05) is 19.1 Å². The minimum atomic E-state index is -0.230. The number of rotatable bonds is 10. The maximum absolute atomic E-state index is 9.47. The van der Waals surface area contributed by atoms with Gasteiger partial charge in [0.05, 0.1) is 19.8 Å². The van der Waals surface area contributed by atoms with E-state index in [1.807, 2.05) is 31.2 Å². The first-order chi connectivity index (χ1) is 9.63. The highest BCUT2D eigenvalue weighted by Gasteiger charge is 2.21. The van der Waals surface area contributed by atoms with Crippen molar-refractivity contribution in [2.24, 2.45) is 0 Å². The zero-order chi connectivity index (χ0) is 14.8. The zero-order valence-corrected chi connectivity index (χ0v) is 12.6. The Balaban J connectivity index is 2.32. The van der Waals surface area contributed by atoms with Crippen molar-refractivity contribution in [1.82, 2.24) is 5.32 Å². The molecule has 0 radical (unpaired) electrons. The van der Waals surface area contributed by atoms with Gasteiger partial charge in [0.15, 0.2) is 0 Å². The van der Waals surface area contributed by atoms with Crippen LogP contribution in [0.4, 0.5) is 0 Å². The van der Waals surface area contributed by atoms with E-state index in [2.05, 4.69) is 12.2 Å². The van der Waals surface area contributed by atoms with Crippen molar-refractivity contribution in [1.29, 1.82) is 0 Å². The Morgan fingerprint density at radius 1 is 1.30 bits per heavy atom. The molecule has 1 aromatic rings. The number of aliphatic hydroxyl groups is 2. The number of ether oxygens (including phenoxy) is 1. The van der Waals surface area contributed by atoms with Crippen LogP contribution in [0, 0.1) is 0 Å². The number of hydrogen-bond acceptors (Lipinski definition) is 4. The Kier molecular flexibility index (Phi) is 7.59. The van der Waals surface area contributed by atoms with E-state index < -0.39 is 0 Å². The maximum atomic E-state index is 9.47. The van der Waals surface area contributed by atoms with Crippen LogP contribution in [0.5, 0.6) is 5.75 Å². The second-order valence-electron chi connectivity index (χ2n) is 5.40. The normalized spacial score (nSPS) is 14.0. The number of benzene rings is 1. The van der Waals surface area contributed by atoms with Crippen LogP contribution in [-0.4, -0.2) is 35.5 Å². The van der Waals surface area contributed by atoms with Crippen molar-refractivity contribution in [2.75, 3.05) is 19.8 Å². The summed E-state index contributed by atoms with van der Waals surface area (Å²) in [4.78, 5) is 0. The lowest BCUT2D eigenvalue weighted by Crippen LogP contribution is -2.46. The summed E-state index contributed by atoms with van der Waals surface area (Å²) in [5.74, 6) is 0.781. The third kappa shape index (κ3) is 5.90. The second-order valence-corrected chi connectivity index (χ2v) is 5.40. The Hall–Kier alpha value is -1.10. The first-order valence-corrected chi connectivity index (χ1v) is 7.32. The summed E-state index contributed by atoms with van der Waals surface area (Å²) in [7, 11) is 0. The van der Waals surface area contributed by atoms with E-state index in [1.165, 1.54) is 0 Å². The summed E-state index contributed by atoms with van der Waals surface area (Å²) < 4.78 is 5.67. The molecule has 0 bridgehead atoms. The fourth-order valence-electron chi connectivity index (χ4n) is 2.04. The summed E-state index contributed by atoms with van der Waals surface area (Å²) >= 11 is 0. The summed E-state index contributed by atoms with van der Waals surface area (Å²) in [5, 5.41) is 21.9. The Bertz CT molecular complexity index is 384. The summed E-state index contributed by atoms with van der Waals surface area (Å²) in [5.41, 5.74) is 0.624. The molecule has 0 spiro atoms. The van der Waals surface area contributed by atoms with Crippen molar-refractivity contribution in [2.45, 2.75) is 45.3 Å². The van der Waals surface area contributed by atoms with E-state index in [-0.39, 0.29) is 18.8 Å². The highest BCUT2D eigenvalue weighted by molar-refractivity contribution is 5.27. The number of hydrogen-bond donors (Lipinski definition) is 3. The molecule has 0 aliphatic carbocycles. The third-order valence-corrected chi connectivity index (χ3v) is 3.37. The van der Waals surface area contributed by atoms with E-state index in [0.29, 0.717) is 6.61 Å². The van der Waals surface area contributed by atoms with E-state index in [4.69, 9.17) is 9.84 Å².